The fourth-order valence-electron chi connectivity index (χ4n) is 2.59. The zero-order valence-corrected chi connectivity index (χ0v) is 18.1. The molecular weight excluding hydrogens is 363 g/mol. The van der Waals surface area contributed by atoms with Gasteiger partial charge in [0.05, 0.1) is 4.90 Å². The van der Waals surface area contributed by atoms with Gasteiger partial charge in [-0.25, -0.2) is 0 Å². The maximum atomic E-state index is 11.6. The fraction of sp³-hybridized carbons (Fsp3) is 0.368. The second kappa shape index (κ2) is 10.9. The molecule has 0 bridgehead atoms. The summed E-state index contributed by atoms with van der Waals surface area (Å²) in [5, 5.41) is 11.6. The first-order valence-electron chi connectivity index (χ1n) is 8.45. The molecule has 5 nitrogen and oxygen atoms in total. The van der Waals surface area contributed by atoms with E-state index in [1.54, 1.807) is 18.2 Å². The van der Waals surface area contributed by atoms with Crippen molar-refractivity contribution < 1.29 is 52.4 Å². The number of ether oxygens (including phenoxy) is 1. The third-order valence-corrected chi connectivity index (χ3v) is 4.76. The third-order valence-electron chi connectivity index (χ3n) is 3.91. The summed E-state index contributed by atoms with van der Waals surface area (Å²) < 4.78 is 37.4. The van der Waals surface area contributed by atoms with Crippen LogP contribution < -0.4 is 39.4 Å². The Bertz CT molecular complexity index is 805. The van der Waals surface area contributed by atoms with E-state index in [1.807, 2.05) is 0 Å². The molecule has 0 amide bonds. The van der Waals surface area contributed by atoms with Gasteiger partial charge in [0.2, 0.25) is 0 Å². The molecule has 0 aliphatic carbocycles. The van der Waals surface area contributed by atoms with Crippen molar-refractivity contribution in [1.82, 2.24) is 0 Å². The van der Waals surface area contributed by atoms with Gasteiger partial charge in [-0.15, -0.1) is 5.75 Å². The minimum absolute atomic E-state index is 0. The number of aryl methyl sites for hydroxylation is 1. The molecule has 0 atom stereocenters. The minimum atomic E-state index is -4.29. The van der Waals surface area contributed by atoms with Crippen molar-refractivity contribution in [2.24, 2.45) is 0 Å². The second-order valence-corrected chi connectivity index (χ2v) is 7.41. The van der Waals surface area contributed by atoms with Gasteiger partial charge < -0.3 is 9.84 Å². The van der Waals surface area contributed by atoms with Gasteiger partial charge in [0.15, 0.2) is 0 Å². The first kappa shape index (κ1) is 23.0. The van der Waals surface area contributed by atoms with E-state index < -0.39 is 10.1 Å². The fourth-order valence-corrected chi connectivity index (χ4v) is 3.11. The molecule has 0 heterocycles. The number of rotatable bonds is 9. The molecule has 136 valence electrons. The molecule has 0 aliphatic rings. The molecule has 2 aromatic carbocycles. The molecule has 0 fully saturated rings. The summed E-state index contributed by atoms with van der Waals surface area (Å²) >= 11 is 0. The van der Waals surface area contributed by atoms with Crippen LogP contribution in [-0.2, 0) is 16.5 Å². The van der Waals surface area contributed by atoms with Gasteiger partial charge in [0.1, 0.15) is 11.5 Å². The molecule has 2 aromatic rings. The van der Waals surface area contributed by atoms with Gasteiger partial charge in [0.25, 0.3) is 10.1 Å². The maximum Gasteiger partial charge on any atom is 1.00 e. The standard InChI is InChI=1S/C19H24O5S.Na/c1-2-3-4-5-6-8-15-13-16(20)11-12-19(15)24-17-9-7-10-18(14-17)25(21,22)23;/h7,9-14,20H,2-6,8H2,1H3,(H,21,22,23);/q;+1/p-1. The van der Waals surface area contributed by atoms with Crippen molar-refractivity contribution >= 4 is 10.1 Å². The van der Waals surface area contributed by atoms with Crippen LogP contribution >= 0.6 is 0 Å². The van der Waals surface area contributed by atoms with Crippen LogP contribution in [0.2, 0.25) is 0 Å². The summed E-state index contributed by atoms with van der Waals surface area (Å²) in [5.74, 6) is 0.742. The van der Waals surface area contributed by atoms with Crippen molar-refractivity contribution in [2.75, 3.05) is 0 Å². The van der Waals surface area contributed by atoms with E-state index in [0.717, 1.165) is 24.8 Å². The van der Waals surface area contributed by atoms with Crippen LogP contribution in [0.25, 0.3) is 0 Å². The zero-order valence-electron chi connectivity index (χ0n) is 15.3. The Morgan fingerprint density at radius 2 is 1.77 bits per heavy atom. The monoisotopic (exact) mass is 386 g/mol. The summed E-state index contributed by atoms with van der Waals surface area (Å²) in [6.07, 6.45) is 6.33. The molecule has 0 aliphatic heterocycles. The molecule has 0 unspecified atom stereocenters. The van der Waals surface area contributed by atoms with E-state index in [-0.39, 0.29) is 40.2 Å². The van der Waals surface area contributed by atoms with E-state index in [1.165, 1.54) is 43.5 Å². The van der Waals surface area contributed by atoms with Gasteiger partial charge in [-0.05, 0) is 36.6 Å². The van der Waals surface area contributed by atoms with E-state index >= 15 is 0 Å². The Morgan fingerprint density at radius 1 is 1.04 bits per heavy atom. The Kier molecular flexibility index (Phi) is 9.68. The summed E-state index contributed by atoms with van der Waals surface area (Å²) in [4.78, 5) is -0.230. The van der Waals surface area contributed by atoms with Crippen LogP contribution in [0.1, 0.15) is 44.6 Å². The van der Waals surface area contributed by atoms with Crippen LogP contribution in [-0.4, -0.2) is 13.0 Å². The van der Waals surface area contributed by atoms with E-state index in [2.05, 4.69) is 6.92 Å². The molecule has 0 spiro atoms. The molecule has 1 N–H and O–H groups in total. The number of hydrogen-bond acceptors (Lipinski definition) is 4. The quantitative estimate of drug-likeness (QED) is 0.399. The summed E-state index contributed by atoms with van der Waals surface area (Å²) in [6.45, 7) is 2.16. The molecule has 0 aromatic heterocycles. The molecule has 7 heteroatoms. The van der Waals surface area contributed by atoms with Crippen molar-refractivity contribution in [3.63, 3.8) is 0 Å². The normalized spacial score (nSPS) is 11.0. The van der Waals surface area contributed by atoms with E-state index in [9.17, 15) is 13.5 Å². The number of unbranched alkanes of at least 4 members (excludes halogenated alkanes) is 4. The Morgan fingerprint density at radius 3 is 2.46 bits per heavy atom. The average molecular weight is 386 g/mol. The van der Waals surface area contributed by atoms with Crippen LogP contribution in [0.15, 0.2) is 47.4 Å². The summed E-state index contributed by atoms with van der Waals surface area (Å²) in [6, 6.07) is 10.2. The Hall–Kier alpha value is -1.05. The molecular formula is C19H23NaO5S. The summed E-state index contributed by atoms with van der Waals surface area (Å²) in [7, 11) is -4.29. The predicted octanol–water partition coefficient (Wildman–Crippen LogP) is 1.32. The van der Waals surface area contributed by atoms with Gasteiger partial charge in [-0.3, -0.25) is 4.55 Å². The first-order valence-corrected chi connectivity index (χ1v) is 9.89. The maximum absolute atomic E-state index is 11.6. The largest absolute Gasteiger partial charge is 1.00 e. The van der Waals surface area contributed by atoms with E-state index in [4.69, 9.17) is 9.29 Å². The molecule has 0 radical (unpaired) electrons. The van der Waals surface area contributed by atoms with E-state index in [0.29, 0.717) is 11.5 Å². The smallest absolute Gasteiger partial charge is 0.872 e. The topological polar surface area (TPSA) is 86.7 Å². The summed E-state index contributed by atoms with van der Waals surface area (Å²) in [5.41, 5.74) is 0.807. The van der Waals surface area contributed by atoms with Crippen molar-refractivity contribution in [3.8, 4) is 17.2 Å². The Balaban J connectivity index is 0.00000338. The molecule has 2 rings (SSSR count). The van der Waals surface area contributed by atoms with Crippen molar-refractivity contribution in [3.05, 3.63) is 48.0 Å². The molecule has 26 heavy (non-hydrogen) atoms. The van der Waals surface area contributed by atoms with Crippen LogP contribution in [0.3, 0.4) is 0 Å². The van der Waals surface area contributed by atoms with Crippen LogP contribution in [0.5, 0.6) is 17.2 Å². The van der Waals surface area contributed by atoms with Gasteiger partial charge >= 0.3 is 29.6 Å². The predicted molar refractivity (Wildman–Crippen MR) is 94.7 cm³/mol. The van der Waals surface area contributed by atoms with Gasteiger partial charge in [0, 0.05) is 6.07 Å². The van der Waals surface area contributed by atoms with Gasteiger partial charge in [-0.2, -0.15) is 8.42 Å². The zero-order chi connectivity index (χ0) is 18.3. The third kappa shape index (κ3) is 7.29. The van der Waals surface area contributed by atoms with Crippen molar-refractivity contribution in [1.29, 1.82) is 0 Å². The molecule has 0 saturated carbocycles. The van der Waals surface area contributed by atoms with Gasteiger partial charge in [-0.1, -0.05) is 50.8 Å². The number of hydrogen-bond donors (Lipinski definition) is 1. The Labute approximate surface area is 177 Å². The first-order chi connectivity index (χ1) is 11.9. The van der Waals surface area contributed by atoms with Crippen LogP contribution in [0, 0.1) is 0 Å². The van der Waals surface area contributed by atoms with Crippen molar-refractivity contribution in [2.45, 2.75) is 50.3 Å². The molecule has 0 saturated heterocycles. The van der Waals surface area contributed by atoms with Crippen LogP contribution in [0.4, 0.5) is 0 Å². The SMILES string of the molecule is CCCCCCCc1cc([O-])ccc1Oc1cccc(S(=O)(=O)O)c1.[Na+]. The number of benzene rings is 2. The minimum Gasteiger partial charge on any atom is -0.872 e. The average Bonchev–Trinajstić information content (AvgIpc) is 2.56. The second-order valence-electron chi connectivity index (χ2n) is 5.99.